The monoisotopic (exact) mass is 574 g/mol. The molecular formula is C28H27BrN6O3. The van der Waals surface area contributed by atoms with Crippen molar-refractivity contribution in [3.05, 3.63) is 110 Å². The summed E-state index contributed by atoms with van der Waals surface area (Å²) in [6, 6.07) is 23.7. The van der Waals surface area contributed by atoms with Gasteiger partial charge in [0.15, 0.2) is 17.3 Å². The number of ether oxygens (including phenoxy) is 2. The fourth-order valence-electron chi connectivity index (χ4n) is 4.37. The van der Waals surface area contributed by atoms with Crippen molar-refractivity contribution in [2.24, 2.45) is 0 Å². The van der Waals surface area contributed by atoms with E-state index in [2.05, 4.69) is 53.5 Å². The van der Waals surface area contributed by atoms with Gasteiger partial charge in [-0.1, -0.05) is 58.4 Å². The zero-order valence-electron chi connectivity index (χ0n) is 21.1. The molecule has 2 aromatic heterocycles. The van der Waals surface area contributed by atoms with Crippen LogP contribution >= 0.6 is 15.9 Å². The van der Waals surface area contributed by atoms with Crippen molar-refractivity contribution in [1.82, 2.24) is 30.1 Å². The molecule has 0 radical (unpaired) electrons. The molecule has 194 valence electrons. The summed E-state index contributed by atoms with van der Waals surface area (Å²) in [7, 11) is 3.16. The Bertz CT molecular complexity index is 1580. The molecule has 0 bridgehead atoms. The lowest BCUT2D eigenvalue weighted by molar-refractivity contribution is 0.236. The van der Waals surface area contributed by atoms with Crippen LogP contribution in [0.15, 0.2) is 82.1 Å². The molecule has 0 amide bonds. The first-order valence-corrected chi connectivity index (χ1v) is 12.9. The third kappa shape index (κ3) is 5.92. The molecule has 0 saturated carbocycles. The first-order chi connectivity index (χ1) is 18.5. The van der Waals surface area contributed by atoms with Gasteiger partial charge in [0.2, 0.25) is 0 Å². The number of H-pyrrole nitrogens is 1. The Morgan fingerprint density at radius 2 is 1.63 bits per heavy atom. The molecule has 5 aromatic rings. The van der Waals surface area contributed by atoms with Crippen LogP contribution < -0.4 is 15.0 Å². The maximum absolute atomic E-state index is 13.1. The van der Waals surface area contributed by atoms with Crippen LogP contribution in [0.2, 0.25) is 0 Å². The number of tetrazole rings is 1. The molecule has 3 aromatic carbocycles. The zero-order chi connectivity index (χ0) is 26.5. The van der Waals surface area contributed by atoms with Crippen LogP contribution in [0.5, 0.6) is 11.5 Å². The summed E-state index contributed by atoms with van der Waals surface area (Å²) < 4.78 is 13.7. The number of halogens is 1. The van der Waals surface area contributed by atoms with Gasteiger partial charge in [-0.2, -0.15) is 0 Å². The van der Waals surface area contributed by atoms with E-state index < -0.39 is 0 Å². The molecule has 5 rings (SSSR count). The smallest absolute Gasteiger partial charge is 0.252 e. The van der Waals surface area contributed by atoms with Gasteiger partial charge in [-0.15, -0.1) is 5.10 Å². The van der Waals surface area contributed by atoms with Crippen LogP contribution in [0, 0.1) is 0 Å². The molecule has 38 heavy (non-hydrogen) atoms. The Kier molecular flexibility index (Phi) is 7.81. The van der Waals surface area contributed by atoms with Gasteiger partial charge in [0.25, 0.3) is 5.56 Å². The van der Waals surface area contributed by atoms with E-state index in [9.17, 15) is 4.79 Å². The van der Waals surface area contributed by atoms with Crippen molar-refractivity contribution in [3.8, 4) is 11.5 Å². The number of aromatic nitrogens is 5. The quantitative estimate of drug-likeness (QED) is 0.261. The van der Waals surface area contributed by atoms with E-state index in [0.717, 1.165) is 26.8 Å². The van der Waals surface area contributed by atoms with Crippen LogP contribution in [0.3, 0.4) is 0 Å². The molecule has 0 aliphatic carbocycles. The average Bonchev–Trinajstić information content (AvgIpc) is 3.36. The number of nitrogens with one attached hydrogen (secondary N) is 1. The predicted octanol–water partition coefficient (Wildman–Crippen LogP) is 4.55. The van der Waals surface area contributed by atoms with Crippen molar-refractivity contribution >= 4 is 26.8 Å². The van der Waals surface area contributed by atoms with E-state index in [1.807, 2.05) is 54.6 Å². The van der Waals surface area contributed by atoms with Crippen LogP contribution in [0.1, 0.15) is 22.5 Å². The maximum atomic E-state index is 13.1. The van der Waals surface area contributed by atoms with E-state index >= 15 is 0 Å². The van der Waals surface area contributed by atoms with E-state index in [1.165, 1.54) is 0 Å². The number of hydrogen-bond donors (Lipinski definition) is 1. The van der Waals surface area contributed by atoms with Gasteiger partial charge in [-0.05, 0) is 45.8 Å². The molecular weight excluding hydrogens is 548 g/mol. The van der Waals surface area contributed by atoms with E-state index in [0.29, 0.717) is 48.8 Å². The minimum absolute atomic E-state index is 0.158. The number of fused-ring (bicyclic) bond motifs is 1. The maximum Gasteiger partial charge on any atom is 0.252 e. The summed E-state index contributed by atoms with van der Waals surface area (Å²) >= 11 is 3.50. The lowest BCUT2D eigenvalue weighted by atomic mass is 10.1. The molecule has 0 fully saturated rings. The van der Waals surface area contributed by atoms with Gasteiger partial charge < -0.3 is 14.5 Å². The number of nitrogens with zero attached hydrogens (tertiary/aromatic N) is 5. The van der Waals surface area contributed by atoms with Gasteiger partial charge in [0.05, 0.1) is 32.8 Å². The number of methoxy groups -OCH3 is 2. The van der Waals surface area contributed by atoms with Crippen molar-refractivity contribution < 1.29 is 9.47 Å². The van der Waals surface area contributed by atoms with Gasteiger partial charge in [0.1, 0.15) is 0 Å². The average molecular weight is 575 g/mol. The SMILES string of the molecule is COc1cc2cc(CN(Cc3ccc(Br)cc3)Cc3nnnn3Cc3ccccc3)c(=O)[nH]c2cc1OC. The summed E-state index contributed by atoms with van der Waals surface area (Å²) in [5.74, 6) is 1.88. The Balaban J connectivity index is 1.46. The van der Waals surface area contributed by atoms with Crippen molar-refractivity contribution in [1.29, 1.82) is 0 Å². The predicted molar refractivity (Wildman–Crippen MR) is 148 cm³/mol. The highest BCUT2D eigenvalue weighted by Gasteiger charge is 2.17. The topological polar surface area (TPSA) is 98.2 Å². The lowest BCUT2D eigenvalue weighted by Gasteiger charge is -2.22. The second-order valence-corrected chi connectivity index (χ2v) is 9.84. The van der Waals surface area contributed by atoms with Crippen molar-refractivity contribution in [2.45, 2.75) is 26.2 Å². The van der Waals surface area contributed by atoms with Gasteiger partial charge in [-0.3, -0.25) is 9.69 Å². The second-order valence-electron chi connectivity index (χ2n) is 8.93. The summed E-state index contributed by atoms with van der Waals surface area (Å²) in [6.07, 6.45) is 0. The van der Waals surface area contributed by atoms with E-state index in [-0.39, 0.29) is 5.56 Å². The normalized spacial score (nSPS) is 11.3. The first-order valence-electron chi connectivity index (χ1n) is 12.1. The highest BCUT2D eigenvalue weighted by Crippen LogP contribution is 2.31. The second kappa shape index (κ2) is 11.6. The Hall–Kier alpha value is -4.02. The fraction of sp³-hybridized carbons (Fsp3) is 0.214. The molecule has 1 N–H and O–H groups in total. The summed E-state index contributed by atoms with van der Waals surface area (Å²) in [4.78, 5) is 18.3. The van der Waals surface area contributed by atoms with Crippen LogP contribution in [0.4, 0.5) is 0 Å². The molecule has 0 spiro atoms. The minimum Gasteiger partial charge on any atom is -0.493 e. The lowest BCUT2D eigenvalue weighted by Crippen LogP contribution is -2.28. The van der Waals surface area contributed by atoms with Crippen molar-refractivity contribution in [2.75, 3.05) is 14.2 Å². The van der Waals surface area contributed by atoms with Gasteiger partial charge in [-0.25, -0.2) is 4.68 Å². The molecule has 0 aliphatic heterocycles. The standard InChI is InChI=1S/C28H27BrN6O3/c1-37-25-13-21-12-22(28(36)30-24(21)14-26(25)38-2)17-34(15-20-8-10-23(29)11-9-20)18-27-31-32-33-35(27)16-19-6-4-3-5-7-19/h3-14H,15-18H2,1-2H3,(H,30,36). The molecule has 0 atom stereocenters. The summed E-state index contributed by atoms with van der Waals surface area (Å²) in [5, 5.41) is 13.3. The van der Waals surface area contributed by atoms with Gasteiger partial charge >= 0.3 is 0 Å². The van der Waals surface area contributed by atoms with Crippen molar-refractivity contribution in [3.63, 3.8) is 0 Å². The van der Waals surface area contributed by atoms with E-state index in [1.54, 1.807) is 25.0 Å². The zero-order valence-corrected chi connectivity index (χ0v) is 22.7. The number of aromatic amines is 1. The number of rotatable bonds is 10. The number of benzene rings is 3. The Labute approximate surface area is 228 Å². The third-order valence-corrected chi connectivity index (χ3v) is 6.81. The van der Waals surface area contributed by atoms with E-state index in [4.69, 9.17) is 9.47 Å². The number of pyridine rings is 1. The molecule has 0 aliphatic rings. The van der Waals surface area contributed by atoms with Crippen LogP contribution in [0.25, 0.3) is 10.9 Å². The largest absolute Gasteiger partial charge is 0.493 e. The van der Waals surface area contributed by atoms with Crippen LogP contribution in [-0.4, -0.2) is 44.3 Å². The summed E-state index contributed by atoms with van der Waals surface area (Å²) in [6.45, 7) is 2.02. The highest BCUT2D eigenvalue weighted by molar-refractivity contribution is 9.10. The molecule has 2 heterocycles. The number of hydrogen-bond acceptors (Lipinski definition) is 7. The molecule has 9 nitrogen and oxygen atoms in total. The molecule has 0 unspecified atom stereocenters. The minimum atomic E-state index is -0.158. The first kappa shape index (κ1) is 25.6. The highest BCUT2D eigenvalue weighted by atomic mass is 79.9. The Morgan fingerprint density at radius 1 is 0.895 bits per heavy atom. The van der Waals surface area contributed by atoms with Crippen LogP contribution in [-0.2, 0) is 26.2 Å². The molecule has 10 heteroatoms. The fourth-order valence-corrected chi connectivity index (χ4v) is 4.63. The Morgan fingerprint density at radius 3 is 2.37 bits per heavy atom. The third-order valence-electron chi connectivity index (χ3n) is 6.28. The molecule has 0 saturated heterocycles. The van der Waals surface area contributed by atoms with Gasteiger partial charge in [0, 0.05) is 34.6 Å². The summed E-state index contributed by atoms with van der Waals surface area (Å²) in [5.41, 5.74) is 3.37.